The molecule has 0 spiro atoms. The molecule has 20 heavy (non-hydrogen) atoms. The third-order valence-electron chi connectivity index (χ3n) is 2.75. The summed E-state index contributed by atoms with van der Waals surface area (Å²) in [5, 5.41) is 20.7. The zero-order valence-corrected chi connectivity index (χ0v) is 12.2. The Morgan fingerprint density at radius 1 is 1.35 bits per heavy atom. The maximum Gasteiger partial charge on any atom is 0.326 e. The van der Waals surface area contributed by atoms with Gasteiger partial charge in [0.05, 0.1) is 0 Å². The van der Waals surface area contributed by atoms with Crippen LogP contribution >= 0.6 is 11.8 Å². The number of carbonyl (C=O) groups is 2. The number of rotatable bonds is 6. The van der Waals surface area contributed by atoms with E-state index in [0.29, 0.717) is 17.9 Å². The largest absolute Gasteiger partial charge is 0.508 e. The van der Waals surface area contributed by atoms with Gasteiger partial charge in [-0.15, -0.1) is 0 Å². The SMILES string of the molecule is CSCC[C@@H](NC(=O)N(C)c1ccc(O)cc1)C(=O)O. The highest BCUT2D eigenvalue weighted by Crippen LogP contribution is 2.17. The second-order valence-electron chi connectivity index (χ2n) is 4.20. The number of aliphatic carboxylic acids is 1. The third-order valence-corrected chi connectivity index (χ3v) is 3.39. The number of anilines is 1. The summed E-state index contributed by atoms with van der Waals surface area (Å²) in [7, 11) is 1.54. The standard InChI is InChI=1S/C13H18N2O4S/c1-15(9-3-5-10(16)6-4-9)13(19)14-11(12(17)18)7-8-20-2/h3-6,11,16H,7-8H2,1-2H3,(H,14,19)(H,17,18)/t11-/m1/s1. The number of aromatic hydroxyl groups is 1. The lowest BCUT2D eigenvalue weighted by Crippen LogP contribution is -2.47. The second-order valence-corrected chi connectivity index (χ2v) is 5.18. The summed E-state index contributed by atoms with van der Waals surface area (Å²) in [4.78, 5) is 24.4. The van der Waals surface area contributed by atoms with E-state index in [0.717, 1.165) is 0 Å². The van der Waals surface area contributed by atoms with Gasteiger partial charge in [0.1, 0.15) is 11.8 Å². The molecule has 0 aliphatic heterocycles. The van der Waals surface area contributed by atoms with Gasteiger partial charge in [-0.1, -0.05) is 0 Å². The molecule has 0 saturated heterocycles. The maximum atomic E-state index is 12.0. The number of carboxylic acid groups (broad SMARTS) is 1. The number of hydrogen-bond acceptors (Lipinski definition) is 4. The van der Waals surface area contributed by atoms with Crippen LogP contribution in [0.5, 0.6) is 5.75 Å². The van der Waals surface area contributed by atoms with Crippen LogP contribution in [0.25, 0.3) is 0 Å². The highest BCUT2D eigenvalue weighted by Gasteiger charge is 2.21. The van der Waals surface area contributed by atoms with Crippen molar-refractivity contribution >= 4 is 29.4 Å². The van der Waals surface area contributed by atoms with Gasteiger partial charge in [-0.2, -0.15) is 11.8 Å². The summed E-state index contributed by atoms with van der Waals surface area (Å²) in [5.74, 6) is -0.294. The minimum atomic E-state index is -1.05. The Labute approximate surface area is 121 Å². The lowest BCUT2D eigenvalue weighted by atomic mass is 10.2. The number of urea groups is 1. The summed E-state index contributed by atoms with van der Waals surface area (Å²) in [6.45, 7) is 0. The zero-order valence-electron chi connectivity index (χ0n) is 11.4. The molecule has 0 heterocycles. The first-order valence-electron chi connectivity index (χ1n) is 6.00. The van der Waals surface area contributed by atoms with Gasteiger partial charge >= 0.3 is 12.0 Å². The lowest BCUT2D eigenvalue weighted by Gasteiger charge is -2.21. The van der Waals surface area contributed by atoms with Crippen molar-refractivity contribution in [1.82, 2.24) is 5.32 Å². The molecule has 0 aromatic heterocycles. The van der Waals surface area contributed by atoms with Crippen molar-refractivity contribution in [3.63, 3.8) is 0 Å². The van der Waals surface area contributed by atoms with Crippen molar-refractivity contribution in [2.24, 2.45) is 0 Å². The van der Waals surface area contributed by atoms with Crippen LogP contribution in [-0.2, 0) is 4.79 Å². The van der Waals surface area contributed by atoms with Crippen molar-refractivity contribution < 1.29 is 19.8 Å². The predicted octanol–water partition coefficient (Wildman–Crippen LogP) is 1.74. The van der Waals surface area contributed by atoms with Crippen molar-refractivity contribution in [1.29, 1.82) is 0 Å². The Morgan fingerprint density at radius 2 is 1.95 bits per heavy atom. The molecule has 7 heteroatoms. The van der Waals surface area contributed by atoms with Crippen molar-refractivity contribution in [3.8, 4) is 5.75 Å². The summed E-state index contributed by atoms with van der Waals surface area (Å²) < 4.78 is 0. The molecule has 1 aromatic carbocycles. The molecule has 0 aliphatic carbocycles. The van der Waals surface area contributed by atoms with Crippen LogP contribution in [0.2, 0.25) is 0 Å². The van der Waals surface area contributed by atoms with Crippen LogP contribution in [0.15, 0.2) is 24.3 Å². The van der Waals surface area contributed by atoms with Crippen LogP contribution in [-0.4, -0.2) is 47.3 Å². The molecule has 0 radical (unpaired) electrons. The Morgan fingerprint density at radius 3 is 2.45 bits per heavy atom. The number of phenolic OH excluding ortho intramolecular Hbond substituents is 1. The molecule has 1 rings (SSSR count). The Balaban J connectivity index is 2.68. The molecule has 0 fully saturated rings. The van der Waals surface area contributed by atoms with Crippen LogP contribution in [0.1, 0.15) is 6.42 Å². The summed E-state index contributed by atoms with van der Waals surface area (Å²) in [5.41, 5.74) is 0.564. The lowest BCUT2D eigenvalue weighted by molar-refractivity contribution is -0.139. The Hall–Kier alpha value is -1.89. The van der Waals surface area contributed by atoms with E-state index in [-0.39, 0.29) is 5.75 Å². The first kappa shape index (κ1) is 16.2. The minimum absolute atomic E-state index is 0.103. The van der Waals surface area contributed by atoms with Crippen molar-refractivity contribution in [2.75, 3.05) is 24.0 Å². The van der Waals surface area contributed by atoms with Crippen LogP contribution in [0.3, 0.4) is 0 Å². The molecular weight excluding hydrogens is 280 g/mol. The monoisotopic (exact) mass is 298 g/mol. The van der Waals surface area contributed by atoms with E-state index in [1.807, 2.05) is 6.26 Å². The quantitative estimate of drug-likeness (QED) is 0.744. The van der Waals surface area contributed by atoms with Gasteiger partial charge < -0.3 is 15.5 Å². The molecule has 6 nitrogen and oxygen atoms in total. The Bertz CT molecular complexity index is 464. The van der Waals surface area contributed by atoms with E-state index < -0.39 is 18.0 Å². The number of nitrogens with one attached hydrogen (secondary N) is 1. The average Bonchev–Trinajstić information content (AvgIpc) is 2.42. The summed E-state index contributed by atoms with van der Waals surface area (Å²) in [6, 6.07) is 4.67. The second kappa shape index (κ2) is 7.64. The van der Waals surface area contributed by atoms with E-state index in [9.17, 15) is 14.7 Å². The molecule has 1 atom stereocenters. The highest BCUT2D eigenvalue weighted by molar-refractivity contribution is 7.98. The Kier molecular flexibility index (Phi) is 6.17. The van der Waals surface area contributed by atoms with Gasteiger partial charge in [-0.3, -0.25) is 4.90 Å². The van der Waals surface area contributed by atoms with Gasteiger partial charge in [0.25, 0.3) is 0 Å². The molecule has 0 unspecified atom stereocenters. The molecule has 1 aromatic rings. The fraction of sp³-hybridized carbons (Fsp3) is 0.385. The van der Waals surface area contributed by atoms with Crippen LogP contribution in [0, 0.1) is 0 Å². The molecule has 0 aliphatic rings. The first-order chi connectivity index (χ1) is 9.45. The van der Waals surface area contributed by atoms with Gasteiger partial charge in [0, 0.05) is 12.7 Å². The number of benzene rings is 1. The van der Waals surface area contributed by atoms with Gasteiger partial charge in [0.2, 0.25) is 0 Å². The summed E-state index contributed by atoms with van der Waals surface area (Å²) >= 11 is 1.52. The van der Waals surface area contributed by atoms with E-state index in [1.165, 1.54) is 35.8 Å². The predicted molar refractivity (Wildman–Crippen MR) is 79.5 cm³/mol. The number of carboxylic acids is 1. The smallest absolute Gasteiger partial charge is 0.326 e. The molecular formula is C13H18N2O4S. The topological polar surface area (TPSA) is 89.9 Å². The third kappa shape index (κ3) is 4.65. The van der Waals surface area contributed by atoms with Crippen LogP contribution < -0.4 is 10.2 Å². The fourth-order valence-corrected chi connectivity index (χ4v) is 2.00. The average molecular weight is 298 g/mol. The summed E-state index contributed by atoms with van der Waals surface area (Å²) in [6.07, 6.45) is 2.24. The van der Waals surface area contributed by atoms with Crippen LogP contribution in [0.4, 0.5) is 10.5 Å². The maximum absolute atomic E-state index is 12.0. The number of nitrogens with zero attached hydrogens (tertiary/aromatic N) is 1. The van der Waals surface area contributed by atoms with E-state index in [2.05, 4.69) is 5.32 Å². The van der Waals surface area contributed by atoms with Crippen molar-refractivity contribution in [3.05, 3.63) is 24.3 Å². The molecule has 0 bridgehead atoms. The normalized spacial score (nSPS) is 11.7. The van der Waals surface area contributed by atoms with E-state index in [4.69, 9.17) is 5.11 Å². The number of carbonyl (C=O) groups excluding carboxylic acids is 1. The first-order valence-corrected chi connectivity index (χ1v) is 7.40. The highest BCUT2D eigenvalue weighted by atomic mass is 32.2. The van der Waals surface area contributed by atoms with Gasteiger partial charge in [-0.05, 0) is 42.7 Å². The number of amides is 2. The van der Waals surface area contributed by atoms with Gasteiger partial charge in [0.15, 0.2) is 0 Å². The van der Waals surface area contributed by atoms with Gasteiger partial charge in [-0.25, -0.2) is 9.59 Å². The number of hydrogen-bond donors (Lipinski definition) is 3. The number of phenols is 1. The molecule has 110 valence electrons. The fourth-order valence-electron chi connectivity index (χ4n) is 1.53. The minimum Gasteiger partial charge on any atom is -0.508 e. The van der Waals surface area contributed by atoms with Crippen molar-refractivity contribution in [2.45, 2.75) is 12.5 Å². The molecule has 3 N–H and O–H groups in total. The zero-order chi connectivity index (χ0) is 15.1. The van der Waals surface area contributed by atoms with E-state index in [1.54, 1.807) is 12.1 Å². The van der Waals surface area contributed by atoms with E-state index >= 15 is 0 Å². The molecule has 0 saturated carbocycles. The molecule has 2 amide bonds. The number of thioether (sulfide) groups is 1.